The quantitative estimate of drug-likeness (QED) is 0.669. The largest absolute Gasteiger partial charge is 0.497 e. The van der Waals surface area contributed by atoms with Crippen LogP contribution < -0.4 is 15.4 Å². The van der Waals surface area contributed by atoms with Gasteiger partial charge in [-0.2, -0.15) is 0 Å². The summed E-state index contributed by atoms with van der Waals surface area (Å²) in [7, 11) is 3.27. The maximum Gasteiger partial charge on any atom is 0.220 e. The Bertz CT molecular complexity index is 602. The number of carbonyl (C=O) groups is 2. The Morgan fingerprint density at radius 3 is 2.58 bits per heavy atom. The van der Waals surface area contributed by atoms with E-state index in [2.05, 4.69) is 10.6 Å². The number of amides is 2. The average molecular weight is 362 g/mol. The fourth-order valence-corrected chi connectivity index (χ4v) is 3.43. The Hall–Kier alpha value is -2.08. The van der Waals surface area contributed by atoms with E-state index in [9.17, 15) is 9.59 Å². The Kier molecular flexibility index (Phi) is 7.45. The second kappa shape index (κ2) is 9.57. The topological polar surface area (TPSA) is 76.7 Å². The van der Waals surface area contributed by atoms with Crippen molar-refractivity contribution < 1.29 is 19.1 Å². The highest BCUT2D eigenvalue weighted by Gasteiger charge is 2.37. The van der Waals surface area contributed by atoms with Crippen molar-refractivity contribution in [2.24, 2.45) is 0 Å². The zero-order valence-corrected chi connectivity index (χ0v) is 16.0. The molecule has 26 heavy (non-hydrogen) atoms. The van der Waals surface area contributed by atoms with Crippen LogP contribution in [0.1, 0.15) is 44.6 Å². The molecule has 2 N–H and O–H groups in total. The van der Waals surface area contributed by atoms with Crippen molar-refractivity contribution in [3.05, 3.63) is 29.8 Å². The van der Waals surface area contributed by atoms with E-state index in [1.54, 1.807) is 14.2 Å². The molecule has 144 valence electrons. The Balaban J connectivity index is 1.97. The summed E-state index contributed by atoms with van der Waals surface area (Å²) < 4.78 is 10.3. The van der Waals surface area contributed by atoms with Crippen molar-refractivity contribution in [2.75, 3.05) is 20.8 Å². The first-order valence-electron chi connectivity index (χ1n) is 9.22. The van der Waals surface area contributed by atoms with Crippen molar-refractivity contribution in [1.29, 1.82) is 0 Å². The Morgan fingerprint density at radius 2 is 2.04 bits per heavy atom. The van der Waals surface area contributed by atoms with Crippen molar-refractivity contribution in [1.82, 2.24) is 10.6 Å². The lowest BCUT2D eigenvalue weighted by molar-refractivity contribution is -0.123. The zero-order valence-electron chi connectivity index (χ0n) is 16.0. The minimum Gasteiger partial charge on any atom is -0.497 e. The summed E-state index contributed by atoms with van der Waals surface area (Å²) in [6, 6.07) is 7.89. The van der Waals surface area contributed by atoms with Crippen molar-refractivity contribution >= 4 is 11.8 Å². The van der Waals surface area contributed by atoms with Gasteiger partial charge in [-0.25, -0.2) is 0 Å². The predicted molar refractivity (Wildman–Crippen MR) is 100 cm³/mol. The summed E-state index contributed by atoms with van der Waals surface area (Å²) in [6.45, 7) is 2.53. The minimum absolute atomic E-state index is 0.00385. The summed E-state index contributed by atoms with van der Waals surface area (Å²) >= 11 is 0. The number of ether oxygens (including phenoxy) is 2. The van der Waals surface area contributed by atoms with Crippen molar-refractivity contribution in [3.63, 3.8) is 0 Å². The number of rotatable bonds is 10. The van der Waals surface area contributed by atoms with Crippen LogP contribution >= 0.6 is 0 Å². The van der Waals surface area contributed by atoms with E-state index in [1.807, 2.05) is 31.2 Å². The van der Waals surface area contributed by atoms with Gasteiger partial charge in [-0.15, -0.1) is 0 Å². The van der Waals surface area contributed by atoms with Crippen LogP contribution in [-0.4, -0.2) is 44.2 Å². The number of nitrogens with one attached hydrogen (secondary N) is 2. The Labute approximate surface area is 155 Å². The molecule has 0 spiro atoms. The molecule has 1 aromatic rings. The molecule has 1 aromatic carbocycles. The monoisotopic (exact) mass is 362 g/mol. The SMILES string of the molecule is CC[C@@H](COC)NC(=O)CC[C@]1(Cc2ccc(OC)cc2)CCC(=O)N1. The smallest absolute Gasteiger partial charge is 0.220 e. The fourth-order valence-electron chi connectivity index (χ4n) is 3.43. The third-order valence-electron chi connectivity index (χ3n) is 4.99. The minimum atomic E-state index is -0.355. The van der Waals surface area contributed by atoms with Gasteiger partial charge in [0.2, 0.25) is 11.8 Å². The molecule has 0 aromatic heterocycles. The predicted octanol–water partition coefficient (Wildman–Crippen LogP) is 2.21. The molecule has 1 aliphatic rings. The molecule has 1 aliphatic heterocycles. The van der Waals surface area contributed by atoms with Gasteiger partial charge in [0, 0.05) is 25.5 Å². The molecule has 0 saturated carbocycles. The summed E-state index contributed by atoms with van der Waals surface area (Å²) in [5, 5.41) is 6.12. The number of carbonyl (C=O) groups excluding carboxylic acids is 2. The van der Waals surface area contributed by atoms with Gasteiger partial charge in [-0.3, -0.25) is 9.59 Å². The highest BCUT2D eigenvalue weighted by atomic mass is 16.5. The highest BCUT2D eigenvalue weighted by molar-refractivity contribution is 5.80. The summed E-state index contributed by atoms with van der Waals surface area (Å²) in [6.07, 6.45) is 3.81. The lowest BCUT2D eigenvalue weighted by atomic mass is 9.85. The molecule has 1 heterocycles. The summed E-state index contributed by atoms with van der Waals surface area (Å²) in [5.41, 5.74) is 0.769. The van der Waals surface area contributed by atoms with E-state index in [1.165, 1.54) is 0 Å². The molecular weight excluding hydrogens is 332 g/mol. The second-order valence-corrected chi connectivity index (χ2v) is 6.98. The third-order valence-corrected chi connectivity index (χ3v) is 4.99. The number of hydrogen-bond acceptors (Lipinski definition) is 4. The Morgan fingerprint density at radius 1 is 1.31 bits per heavy atom. The molecule has 2 rings (SSSR count). The molecule has 6 nitrogen and oxygen atoms in total. The van der Waals surface area contributed by atoms with Gasteiger partial charge in [0.25, 0.3) is 0 Å². The van der Waals surface area contributed by atoms with E-state index < -0.39 is 0 Å². The molecule has 6 heteroatoms. The van der Waals surface area contributed by atoms with Crippen LogP contribution in [0.4, 0.5) is 0 Å². The molecule has 0 unspecified atom stereocenters. The molecule has 0 aliphatic carbocycles. The van der Waals surface area contributed by atoms with E-state index in [0.717, 1.165) is 24.2 Å². The first kappa shape index (κ1) is 20.2. The van der Waals surface area contributed by atoms with Gasteiger partial charge in [-0.1, -0.05) is 19.1 Å². The van der Waals surface area contributed by atoms with Gasteiger partial charge in [0.15, 0.2) is 0 Å². The third kappa shape index (κ3) is 5.73. The molecular formula is C20H30N2O4. The maximum atomic E-state index is 12.3. The van der Waals surface area contributed by atoms with Crippen LogP contribution in [0.25, 0.3) is 0 Å². The molecule has 2 atom stereocenters. The van der Waals surface area contributed by atoms with Crippen molar-refractivity contribution in [3.8, 4) is 5.75 Å². The van der Waals surface area contributed by atoms with Gasteiger partial charge in [0.1, 0.15) is 5.75 Å². The summed E-state index contributed by atoms with van der Waals surface area (Å²) in [4.78, 5) is 24.2. The molecule has 1 saturated heterocycles. The van der Waals surface area contributed by atoms with E-state index in [4.69, 9.17) is 9.47 Å². The maximum absolute atomic E-state index is 12.3. The van der Waals surface area contributed by atoms with E-state index in [0.29, 0.717) is 32.3 Å². The zero-order chi connectivity index (χ0) is 19.0. The number of methoxy groups -OCH3 is 2. The molecule has 0 radical (unpaired) electrons. The fraction of sp³-hybridized carbons (Fsp3) is 0.600. The van der Waals surface area contributed by atoms with Gasteiger partial charge < -0.3 is 20.1 Å². The van der Waals surface area contributed by atoms with Crippen LogP contribution in [0.2, 0.25) is 0 Å². The van der Waals surface area contributed by atoms with Crippen molar-refractivity contribution in [2.45, 2.75) is 57.0 Å². The molecule has 1 fully saturated rings. The van der Waals surface area contributed by atoms with Crippen LogP contribution in [0.15, 0.2) is 24.3 Å². The first-order valence-corrected chi connectivity index (χ1v) is 9.22. The number of benzene rings is 1. The normalized spacial score (nSPS) is 20.5. The van der Waals surface area contributed by atoms with Crippen LogP contribution in [0.5, 0.6) is 5.75 Å². The standard InChI is InChI=1S/C20H30N2O4/c1-4-16(14-25-2)21-18(23)9-11-20(12-10-19(24)22-20)13-15-5-7-17(26-3)8-6-15/h5-8,16H,4,9-14H2,1-3H3,(H,21,23)(H,22,24)/t16-,20+/m0/s1. The van der Waals surface area contributed by atoms with Gasteiger partial charge in [-0.05, 0) is 43.4 Å². The van der Waals surface area contributed by atoms with Gasteiger partial charge >= 0.3 is 0 Å². The van der Waals surface area contributed by atoms with E-state index >= 15 is 0 Å². The van der Waals surface area contributed by atoms with Gasteiger partial charge in [0.05, 0.1) is 19.8 Å². The lowest BCUT2D eigenvalue weighted by Gasteiger charge is -2.29. The second-order valence-electron chi connectivity index (χ2n) is 6.98. The van der Waals surface area contributed by atoms with Crippen LogP contribution in [0, 0.1) is 0 Å². The van der Waals surface area contributed by atoms with Crippen LogP contribution in [-0.2, 0) is 20.7 Å². The molecule has 0 bridgehead atoms. The molecule has 2 amide bonds. The highest BCUT2D eigenvalue weighted by Crippen LogP contribution is 2.30. The first-order chi connectivity index (χ1) is 12.5. The summed E-state index contributed by atoms with van der Waals surface area (Å²) in [5.74, 6) is 0.871. The van der Waals surface area contributed by atoms with E-state index in [-0.39, 0.29) is 23.4 Å². The average Bonchev–Trinajstić information content (AvgIpc) is 3.01. The lowest BCUT2D eigenvalue weighted by Crippen LogP contribution is -2.45. The van der Waals surface area contributed by atoms with Crippen LogP contribution in [0.3, 0.4) is 0 Å². The number of hydrogen-bond donors (Lipinski definition) is 2.